The van der Waals surface area contributed by atoms with Gasteiger partial charge in [-0.05, 0) is 36.1 Å². The molecule has 1 aromatic heterocycles. The molecule has 0 atom stereocenters. The second-order valence-electron chi connectivity index (χ2n) is 6.38. The van der Waals surface area contributed by atoms with Crippen molar-refractivity contribution in [1.82, 2.24) is 14.9 Å². The van der Waals surface area contributed by atoms with Crippen LogP contribution in [0.5, 0.6) is 0 Å². The Bertz CT molecular complexity index is 1000. The van der Waals surface area contributed by atoms with Crippen molar-refractivity contribution in [2.45, 2.75) is 12.3 Å². The summed E-state index contributed by atoms with van der Waals surface area (Å²) < 4.78 is 5.15. The summed E-state index contributed by atoms with van der Waals surface area (Å²) in [5.41, 5.74) is 2.18. The molecule has 0 aliphatic heterocycles. The predicted octanol–water partition coefficient (Wildman–Crippen LogP) is 3.07. The zero-order valence-corrected chi connectivity index (χ0v) is 16.8. The maximum absolute atomic E-state index is 13.0. The van der Waals surface area contributed by atoms with Crippen molar-refractivity contribution in [3.8, 4) is 0 Å². The number of amides is 1. The molecule has 0 radical (unpaired) electrons. The first-order chi connectivity index (χ1) is 13.6. The minimum atomic E-state index is -0.207. The van der Waals surface area contributed by atoms with Gasteiger partial charge in [0.1, 0.15) is 5.82 Å². The number of ether oxygens (including phenoxy) is 1. The lowest BCUT2D eigenvalue weighted by molar-refractivity contribution is 0.0675. The molecule has 0 saturated heterocycles. The fourth-order valence-corrected chi connectivity index (χ4v) is 3.46. The monoisotopic (exact) mass is 397 g/mol. The molecular weight excluding hydrogens is 374 g/mol. The van der Waals surface area contributed by atoms with E-state index in [1.165, 1.54) is 5.56 Å². The third kappa shape index (κ3) is 4.79. The van der Waals surface area contributed by atoms with Crippen molar-refractivity contribution in [3.63, 3.8) is 0 Å². The van der Waals surface area contributed by atoms with Crippen LogP contribution < -0.4 is 5.56 Å². The molecular formula is C21H23N3O3S. The van der Waals surface area contributed by atoms with Crippen molar-refractivity contribution < 1.29 is 9.53 Å². The normalized spacial score (nSPS) is 10.9. The van der Waals surface area contributed by atoms with Gasteiger partial charge in [-0.25, -0.2) is 4.98 Å². The lowest BCUT2D eigenvalue weighted by Crippen LogP contribution is -2.34. The fourth-order valence-electron chi connectivity index (χ4n) is 2.94. The van der Waals surface area contributed by atoms with Crippen LogP contribution in [0, 0.1) is 0 Å². The van der Waals surface area contributed by atoms with Gasteiger partial charge in [-0.15, -0.1) is 0 Å². The Morgan fingerprint density at radius 1 is 1.18 bits per heavy atom. The molecule has 6 nitrogen and oxygen atoms in total. The summed E-state index contributed by atoms with van der Waals surface area (Å²) in [7, 11) is 1.59. The lowest BCUT2D eigenvalue weighted by Gasteiger charge is -2.22. The van der Waals surface area contributed by atoms with Gasteiger partial charge in [-0.1, -0.05) is 24.3 Å². The average Bonchev–Trinajstić information content (AvgIpc) is 2.71. The Morgan fingerprint density at radius 2 is 1.93 bits per heavy atom. The molecule has 1 heterocycles. The summed E-state index contributed by atoms with van der Waals surface area (Å²) in [6, 6.07) is 14.8. The summed E-state index contributed by atoms with van der Waals surface area (Å²) in [6.07, 6.45) is 2.04. The zero-order chi connectivity index (χ0) is 19.9. The molecule has 0 fully saturated rings. The van der Waals surface area contributed by atoms with Crippen LogP contribution in [0.1, 0.15) is 21.7 Å². The highest BCUT2D eigenvalue weighted by Crippen LogP contribution is 2.14. The first kappa shape index (κ1) is 20.1. The fraction of sp³-hybridized carbons (Fsp3) is 0.286. The number of nitrogens with zero attached hydrogens (tertiary/aromatic N) is 2. The molecule has 0 aliphatic rings. The van der Waals surface area contributed by atoms with Crippen molar-refractivity contribution in [3.05, 3.63) is 75.8 Å². The van der Waals surface area contributed by atoms with Gasteiger partial charge in [-0.3, -0.25) is 9.59 Å². The van der Waals surface area contributed by atoms with Gasteiger partial charge in [0.15, 0.2) is 0 Å². The summed E-state index contributed by atoms with van der Waals surface area (Å²) in [5.74, 6) is 1.24. The number of carbonyl (C=O) groups is 1. The molecule has 28 heavy (non-hydrogen) atoms. The van der Waals surface area contributed by atoms with E-state index in [-0.39, 0.29) is 18.0 Å². The molecule has 2 aromatic carbocycles. The average molecular weight is 398 g/mol. The van der Waals surface area contributed by atoms with Crippen LogP contribution in [-0.4, -0.2) is 47.3 Å². The third-order valence-electron chi connectivity index (χ3n) is 4.37. The SMILES string of the molecule is COCCN(Cc1nc2ccccc2c(=O)[nH]1)C(=O)c1ccc(CSC)cc1. The first-order valence-corrected chi connectivity index (χ1v) is 10.4. The molecule has 0 saturated carbocycles. The lowest BCUT2D eigenvalue weighted by atomic mass is 10.1. The van der Waals surface area contributed by atoms with Gasteiger partial charge in [0.2, 0.25) is 0 Å². The zero-order valence-electron chi connectivity index (χ0n) is 16.0. The number of carbonyl (C=O) groups excluding carboxylic acids is 1. The maximum atomic E-state index is 13.0. The number of H-pyrrole nitrogens is 1. The smallest absolute Gasteiger partial charge is 0.258 e. The van der Waals surface area contributed by atoms with Crippen molar-refractivity contribution >= 4 is 28.6 Å². The molecule has 7 heteroatoms. The number of rotatable bonds is 8. The maximum Gasteiger partial charge on any atom is 0.258 e. The number of aromatic nitrogens is 2. The molecule has 0 unspecified atom stereocenters. The summed E-state index contributed by atoms with van der Waals surface area (Å²) in [6.45, 7) is 1.00. The van der Waals surface area contributed by atoms with Gasteiger partial charge < -0.3 is 14.6 Å². The van der Waals surface area contributed by atoms with E-state index in [1.54, 1.807) is 42.0 Å². The standard InChI is InChI=1S/C21H23N3O3S/c1-27-12-11-24(21(26)16-9-7-15(8-10-16)14-28-2)13-19-22-18-6-4-3-5-17(18)20(25)23-19/h3-10H,11-14H2,1-2H3,(H,22,23,25). The van der Waals surface area contributed by atoms with E-state index >= 15 is 0 Å². The van der Waals surface area contributed by atoms with Crippen LogP contribution >= 0.6 is 11.8 Å². The highest BCUT2D eigenvalue weighted by molar-refractivity contribution is 7.97. The van der Waals surface area contributed by atoms with Gasteiger partial charge in [0, 0.05) is 25.0 Å². The minimum absolute atomic E-state index is 0.122. The van der Waals surface area contributed by atoms with E-state index in [1.807, 2.05) is 36.6 Å². The molecule has 3 aromatic rings. The van der Waals surface area contributed by atoms with E-state index in [9.17, 15) is 9.59 Å². The van der Waals surface area contributed by atoms with E-state index < -0.39 is 0 Å². The molecule has 1 N–H and O–H groups in total. The molecule has 3 rings (SSSR count). The number of para-hydroxylation sites is 1. The topological polar surface area (TPSA) is 75.3 Å². The Hall–Kier alpha value is -2.64. The quantitative estimate of drug-likeness (QED) is 0.632. The molecule has 0 aliphatic carbocycles. The molecule has 146 valence electrons. The van der Waals surface area contributed by atoms with Gasteiger partial charge in [-0.2, -0.15) is 11.8 Å². The van der Waals surface area contributed by atoms with E-state index in [4.69, 9.17) is 4.74 Å². The first-order valence-electron chi connectivity index (χ1n) is 8.96. The van der Waals surface area contributed by atoms with Crippen LogP contribution in [-0.2, 0) is 17.0 Å². The molecule has 0 bridgehead atoms. The molecule has 1 amide bonds. The number of hydrogen-bond acceptors (Lipinski definition) is 5. The van der Waals surface area contributed by atoms with Gasteiger partial charge in [0.25, 0.3) is 11.5 Å². The van der Waals surface area contributed by atoms with Crippen LogP contribution in [0.2, 0.25) is 0 Å². The van der Waals surface area contributed by atoms with Crippen molar-refractivity contribution in [1.29, 1.82) is 0 Å². The largest absolute Gasteiger partial charge is 0.383 e. The Morgan fingerprint density at radius 3 is 2.64 bits per heavy atom. The number of thioether (sulfide) groups is 1. The number of hydrogen-bond donors (Lipinski definition) is 1. The number of nitrogens with one attached hydrogen (secondary N) is 1. The van der Waals surface area contributed by atoms with Gasteiger partial charge in [0.05, 0.1) is 24.1 Å². The van der Waals surface area contributed by atoms with Crippen molar-refractivity contribution in [2.24, 2.45) is 0 Å². The van der Waals surface area contributed by atoms with E-state index in [2.05, 4.69) is 9.97 Å². The minimum Gasteiger partial charge on any atom is -0.383 e. The summed E-state index contributed by atoms with van der Waals surface area (Å²) in [4.78, 5) is 34.3. The third-order valence-corrected chi connectivity index (χ3v) is 4.99. The second kappa shape index (κ2) is 9.52. The van der Waals surface area contributed by atoms with Crippen molar-refractivity contribution in [2.75, 3.05) is 26.5 Å². The van der Waals surface area contributed by atoms with Gasteiger partial charge >= 0.3 is 0 Å². The van der Waals surface area contributed by atoms with Crippen LogP contribution in [0.3, 0.4) is 0 Å². The predicted molar refractivity (Wildman–Crippen MR) is 113 cm³/mol. The molecule has 0 spiro atoms. The highest BCUT2D eigenvalue weighted by Gasteiger charge is 2.17. The number of benzene rings is 2. The number of aromatic amines is 1. The Labute approximate surface area is 167 Å². The van der Waals surface area contributed by atoms with Crippen LogP contribution in [0.4, 0.5) is 0 Å². The highest BCUT2D eigenvalue weighted by atomic mass is 32.2. The van der Waals surface area contributed by atoms with E-state index in [0.29, 0.717) is 35.4 Å². The summed E-state index contributed by atoms with van der Waals surface area (Å²) >= 11 is 1.74. The van der Waals surface area contributed by atoms with E-state index in [0.717, 1.165) is 5.75 Å². The Kier molecular flexibility index (Phi) is 6.84. The van der Waals surface area contributed by atoms with Crippen LogP contribution in [0.25, 0.3) is 10.9 Å². The number of fused-ring (bicyclic) bond motifs is 1. The number of methoxy groups -OCH3 is 1. The Balaban J connectivity index is 1.85. The van der Waals surface area contributed by atoms with Crippen LogP contribution in [0.15, 0.2) is 53.3 Å². The second-order valence-corrected chi connectivity index (χ2v) is 7.25. The summed E-state index contributed by atoms with van der Waals surface area (Å²) in [5, 5.41) is 0.533.